The highest BCUT2D eigenvalue weighted by Crippen LogP contribution is 2.30. The van der Waals surface area contributed by atoms with Gasteiger partial charge in [0.15, 0.2) is 0 Å². The molecule has 1 aromatic heterocycles. The Morgan fingerprint density at radius 3 is 2.89 bits per heavy atom. The molecule has 1 aliphatic rings. The molecular formula is C13H22N4S. The van der Waals surface area contributed by atoms with Gasteiger partial charge < -0.3 is 5.73 Å². The van der Waals surface area contributed by atoms with Crippen molar-refractivity contribution in [3.8, 4) is 0 Å². The maximum atomic E-state index is 5.76. The molecule has 0 atom stereocenters. The summed E-state index contributed by atoms with van der Waals surface area (Å²) in [4.78, 5) is 11.2. The Morgan fingerprint density at radius 1 is 1.39 bits per heavy atom. The summed E-state index contributed by atoms with van der Waals surface area (Å²) in [6.07, 6.45) is 1.21. The molecule has 0 amide bonds. The predicted octanol–water partition coefficient (Wildman–Crippen LogP) is 2.08. The van der Waals surface area contributed by atoms with Gasteiger partial charge in [-0.25, -0.2) is 9.97 Å². The van der Waals surface area contributed by atoms with Gasteiger partial charge in [-0.05, 0) is 19.9 Å². The quantitative estimate of drug-likeness (QED) is 0.888. The van der Waals surface area contributed by atoms with Gasteiger partial charge in [-0.15, -0.1) is 0 Å². The SMILES string of the molecule is Cc1cc(N)nc(CN2CCSC(C)(C)CC2)n1. The summed E-state index contributed by atoms with van der Waals surface area (Å²) < 4.78 is 0.390. The van der Waals surface area contributed by atoms with Crippen LogP contribution in [-0.4, -0.2) is 38.5 Å². The van der Waals surface area contributed by atoms with E-state index < -0.39 is 0 Å². The molecule has 0 unspecified atom stereocenters. The topological polar surface area (TPSA) is 55.0 Å². The Labute approximate surface area is 113 Å². The summed E-state index contributed by atoms with van der Waals surface area (Å²) in [6, 6.07) is 1.81. The van der Waals surface area contributed by atoms with Gasteiger partial charge in [0.1, 0.15) is 11.6 Å². The van der Waals surface area contributed by atoms with E-state index in [0.29, 0.717) is 10.6 Å². The minimum atomic E-state index is 0.390. The molecule has 2 heterocycles. The third kappa shape index (κ3) is 3.85. The summed E-state index contributed by atoms with van der Waals surface area (Å²) in [5.74, 6) is 2.59. The number of rotatable bonds is 2. The number of nitrogens with two attached hydrogens (primary N) is 1. The molecule has 5 heteroatoms. The van der Waals surface area contributed by atoms with Crippen molar-refractivity contribution in [1.82, 2.24) is 14.9 Å². The summed E-state index contributed by atoms with van der Waals surface area (Å²) >= 11 is 2.05. The van der Waals surface area contributed by atoms with Crippen LogP contribution in [0.25, 0.3) is 0 Å². The number of aryl methyl sites for hydroxylation is 1. The molecule has 0 saturated carbocycles. The first kappa shape index (κ1) is 13.6. The lowest BCUT2D eigenvalue weighted by Gasteiger charge is -2.22. The Bertz CT molecular complexity index is 399. The van der Waals surface area contributed by atoms with E-state index in [9.17, 15) is 0 Å². The first-order chi connectivity index (χ1) is 8.44. The minimum Gasteiger partial charge on any atom is -0.384 e. The fourth-order valence-corrected chi connectivity index (χ4v) is 3.29. The third-order valence-electron chi connectivity index (χ3n) is 3.22. The Kier molecular flexibility index (Phi) is 4.12. The third-order valence-corrected chi connectivity index (χ3v) is 4.59. The first-order valence-corrected chi connectivity index (χ1v) is 7.39. The standard InChI is InChI=1S/C13H22N4S/c1-10-8-11(14)16-12(15-10)9-17-5-4-13(2,3)18-7-6-17/h8H,4-7,9H2,1-3H3,(H2,14,15,16). The van der Waals surface area contributed by atoms with E-state index in [1.54, 1.807) is 0 Å². The molecule has 4 nitrogen and oxygen atoms in total. The van der Waals surface area contributed by atoms with Gasteiger partial charge in [0.25, 0.3) is 0 Å². The molecule has 0 aromatic carbocycles. The van der Waals surface area contributed by atoms with Crippen LogP contribution >= 0.6 is 11.8 Å². The number of nitrogens with zero attached hydrogens (tertiary/aromatic N) is 3. The molecule has 0 radical (unpaired) electrons. The van der Waals surface area contributed by atoms with Crippen molar-refractivity contribution in [2.45, 2.75) is 38.5 Å². The summed E-state index contributed by atoms with van der Waals surface area (Å²) in [5, 5.41) is 0. The fraction of sp³-hybridized carbons (Fsp3) is 0.692. The van der Waals surface area contributed by atoms with Crippen LogP contribution in [0.3, 0.4) is 0 Å². The molecule has 1 aromatic rings. The van der Waals surface area contributed by atoms with Crippen LogP contribution in [0.2, 0.25) is 0 Å². The number of aromatic nitrogens is 2. The number of hydrogen-bond acceptors (Lipinski definition) is 5. The van der Waals surface area contributed by atoms with Crippen molar-refractivity contribution in [2.75, 3.05) is 24.6 Å². The van der Waals surface area contributed by atoms with Crippen molar-refractivity contribution in [3.05, 3.63) is 17.6 Å². The highest BCUT2D eigenvalue weighted by molar-refractivity contribution is 8.00. The van der Waals surface area contributed by atoms with Crippen molar-refractivity contribution in [2.24, 2.45) is 0 Å². The summed E-state index contributed by atoms with van der Waals surface area (Å²) in [5.41, 5.74) is 6.71. The van der Waals surface area contributed by atoms with Crippen molar-refractivity contribution >= 4 is 17.6 Å². The summed E-state index contributed by atoms with van der Waals surface area (Å²) in [7, 11) is 0. The van der Waals surface area contributed by atoms with E-state index in [1.165, 1.54) is 12.2 Å². The van der Waals surface area contributed by atoms with Gasteiger partial charge >= 0.3 is 0 Å². The maximum absolute atomic E-state index is 5.76. The zero-order chi connectivity index (χ0) is 13.2. The molecule has 2 N–H and O–H groups in total. The van der Waals surface area contributed by atoms with Gasteiger partial charge in [-0.1, -0.05) is 13.8 Å². The largest absolute Gasteiger partial charge is 0.384 e. The fourth-order valence-electron chi connectivity index (χ4n) is 2.15. The second-order valence-corrected chi connectivity index (χ2v) is 7.29. The van der Waals surface area contributed by atoms with Crippen molar-refractivity contribution < 1.29 is 0 Å². The van der Waals surface area contributed by atoms with E-state index in [1.807, 2.05) is 13.0 Å². The van der Waals surface area contributed by atoms with Crippen molar-refractivity contribution in [1.29, 1.82) is 0 Å². The van der Waals surface area contributed by atoms with Crippen LogP contribution < -0.4 is 5.73 Å². The zero-order valence-electron chi connectivity index (χ0n) is 11.4. The average Bonchev–Trinajstić information content (AvgIpc) is 2.39. The molecule has 2 rings (SSSR count). The van der Waals surface area contributed by atoms with Crippen LogP contribution in [0, 0.1) is 6.92 Å². The van der Waals surface area contributed by atoms with E-state index >= 15 is 0 Å². The van der Waals surface area contributed by atoms with Crippen molar-refractivity contribution in [3.63, 3.8) is 0 Å². The predicted molar refractivity (Wildman–Crippen MR) is 77.6 cm³/mol. The number of thioether (sulfide) groups is 1. The van der Waals surface area contributed by atoms with Gasteiger partial charge in [0.2, 0.25) is 0 Å². The van der Waals surface area contributed by atoms with Crippen LogP contribution in [0.1, 0.15) is 31.8 Å². The van der Waals surface area contributed by atoms with Crippen LogP contribution in [0.15, 0.2) is 6.07 Å². The molecule has 1 aliphatic heterocycles. The zero-order valence-corrected chi connectivity index (χ0v) is 12.3. The normalized spacial score (nSPS) is 20.6. The Morgan fingerprint density at radius 2 is 2.17 bits per heavy atom. The average molecular weight is 266 g/mol. The molecule has 1 saturated heterocycles. The highest BCUT2D eigenvalue weighted by Gasteiger charge is 2.23. The second-order valence-electron chi connectivity index (χ2n) is 5.48. The molecule has 1 fully saturated rings. The number of anilines is 1. The molecular weight excluding hydrogens is 244 g/mol. The Hall–Kier alpha value is -0.810. The van der Waals surface area contributed by atoms with Crippen LogP contribution in [-0.2, 0) is 6.54 Å². The van der Waals surface area contributed by atoms with Gasteiger partial charge in [0, 0.05) is 28.8 Å². The lowest BCUT2D eigenvalue weighted by molar-refractivity contribution is 0.269. The summed E-state index contributed by atoms with van der Waals surface area (Å²) in [6.45, 7) is 9.62. The van der Waals surface area contributed by atoms with Crippen LogP contribution in [0.4, 0.5) is 5.82 Å². The lowest BCUT2D eigenvalue weighted by Crippen LogP contribution is -2.28. The highest BCUT2D eigenvalue weighted by atomic mass is 32.2. The van der Waals surface area contributed by atoms with E-state index in [2.05, 4.69) is 40.5 Å². The Balaban J connectivity index is 2.00. The molecule has 0 spiro atoms. The van der Waals surface area contributed by atoms with E-state index in [-0.39, 0.29) is 0 Å². The van der Waals surface area contributed by atoms with Gasteiger partial charge in [-0.2, -0.15) is 11.8 Å². The monoisotopic (exact) mass is 266 g/mol. The molecule has 0 bridgehead atoms. The molecule has 18 heavy (non-hydrogen) atoms. The van der Waals surface area contributed by atoms with Gasteiger partial charge in [-0.3, -0.25) is 4.90 Å². The minimum absolute atomic E-state index is 0.390. The second kappa shape index (κ2) is 5.45. The van der Waals surface area contributed by atoms with Gasteiger partial charge in [0.05, 0.1) is 6.54 Å². The number of nitrogen functional groups attached to an aromatic ring is 1. The maximum Gasteiger partial charge on any atom is 0.144 e. The molecule has 0 aliphatic carbocycles. The van der Waals surface area contributed by atoms with E-state index in [0.717, 1.165) is 31.2 Å². The smallest absolute Gasteiger partial charge is 0.144 e. The lowest BCUT2D eigenvalue weighted by atomic mass is 10.1. The van der Waals surface area contributed by atoms with E-state index in [4.69, 9.17) is 5.73 Å². The number of hydrogen-bond donors (Lipinski definition) is 1. The van der Waals surface area contributed by atoms with Crippen LogP contribution in [0.5, 0.6) is 0 Å². The molecule has 100 valence electrons. The first-order valence-electron chi connectivity index (χ1n) is 6.41.